The van der Waals surface area contributed by atoms with Gasteiger partial charge in [-0.2, -0.15) is 4.98 Å². The minimum absolute atomic E-state index is 0.0598. The van der Waals surface area contributed by atoms with Crippen molar-refractivity contribution in [1.29, 1.82) is 0 Å². The van der Waals surface area contributed by atoms with Crippen LogP contribution in [0.15, 0.2) is 59.3 Å². The Morgan fingerprint density at radius 2 is 1.78 bits per heavy atom. The van der Waals surface area contributed by atoms with Gasteiger partial charge in [-0.25, -0.2) is 0 Å². The maximum atomic E-state index is 12.1. The molecule has 0 spiro atoms. The minimum Gasteiger partial charge on any atom is -0.345 e. The molecule has 3 aromatic rings. The minimum atomic E-state index is -0.473. The molecule has 0 aliphatic rings. The summed E-state index contributed by atoms with van der Waals surface area (Å²) >= 11 is 0. The summed E-state index contributed by atoms with van der Waals surface area (Å²) in [5.74, 6) is 0.134. The number of benzene rings is 1. The summed E-state index contributed by atoms with van der Waals surface area (Å²) in [6, 6.07) is 14.0. The van der Waals surface area contributed by atoms with E-state index in [4.69, 9.17) is 4.52 Å². The number of amides is 2. The van der Waals surface area contributed by atoms with Gasteiger partial charge in [-0.1, -0.05) is 29.4 Å². The molecule has 2 aromatic heterocycles. The zero-order valence-electron chi connectivity index (χ0n) is 14.8. The molecule has 0 saturated carbocycles. The molecule has 1 atom stereocenters. The summed E-state index contributed by atoms with van der Waals surface area (Å²) in [5.41, 5.74) is 1.28. The van der Waals surface area contributed by atoms with Crippen molar-refractivity contribution in [3.05, 3.63) is 60.6 Å². The molecule has 1 aromatic carbocycles. The first kappa shape index (κ1) is 18.2. The van der Waals surface area contributed by atoms with Crippen LogP contribution in [-0.4, -0.2) is 26.9 Å². The molecule has 0 saturated heterocycles. The number of hydrogen-bond donors (Lipinski definition) is 2. The second kappa shape index (κ2) is 8.70. The third kappa shape index (κ3) is 5.21. The van der Waals surface area contributed by atoms with Crippen LogP contribution < -0.4 is 10.6 Å². The summed E-state index contributed by atoms with van der Waals surface area (Å²) in [6.45, 7) is 1.73. The molecule has 8 nitrogen and oxygen atoms in total. The normalized spacial score (nSPS) is 11.6. The third-order valence-electron chi connectivity index (χ3n) is 3.72. The van der Waals surface area contributed by atoms with Gasteiger partial charge in [-0.15, -0.1) is 0 Å². The van der Waals surface area contributed by atoms with Crippen molar-refractivity contribution in [2.75, 3.05) is 5.32 Å². The number of hydrogen-bond acceptors (Lipinski definition) is 6. The summed E-state index contributed by atoms with van der Waals surface area (Å²) in [4.78, 5) is 32.4. The number of para-hydroxylation sites is 1. The molecule has 138 valence electrons. The van der Waals surface area contributed by atoms with Crippen LogP contribution in [0.1, 0.15) is 31.7 Å². The van der Waals surface area contributed by atoms with Crippen molar-refractivity contribution < 1.29 is 14.1 Å². The van der Waals surface area contributed by atoms with Crippen LogP contribution in [0.4, 0.5) is 5.69 Å². The highest BCUT2D eigenvalue weighted by molar-refractivity contribution is 5.93. The van der Waals surface area contributed by atoms with E-state index in [-0.39, 0.29) is 30.5 Å². The fourth-order valence-corrected chi connectivity index (χ4v) is 2.36. The molecule has 2 amide bonds. The van der Waals surface area contributed by atoms with Gasteiger partial charge >= 0.3 is 0 Å². The SMILES string of the molecule is CC(NC(=O)CCC(=O)Nc1ccccc1)c1nc(-c2ccccn2)no1. The van der Waals surface area contributed by atoms with Crippen molar-refractivity contribution >= 4 is 17.5 Å². The van der Waals surface area contributed by atoms with Crippen LogP contribution in [0.3, 0.4) is 0 Å². The lowest BCUT2D eigenvalue weighted by molar-refractivity contribution is -0.125. The number of rotatable bonds is 7. The van der Waals surface area contributed by atoms with Crippen molar-refractivity contribution in [2.45, 2.75) is 25.8 Å². The molecule has 2 N–H and O–H groups in total. The molecule has 0 bridgehead atoms. The zero-order valence-corrected chi connectivity index (χ0v) is 14.8. The van der Waals surface area contributed by atoms with Gasteiger partial charge in [0.25, 0.3) is 0 Å². The molecule has 8 heteroatoms. The first-order chi connectivity index (χ1) is 13.1. The number of nitrogens with one attached hydrogen (secondary N) is 2. The number of nitrogens with zero attached hydrogens (tertiary/aromatic N) is 3. The summed E-state index contributed by atoms with van der Waals surface area (Å²) in [6.07, 6.45) is 1.78. The van der Waals surface area contributed by atoms with Gasteiger partial charge in [-0.3, -0.25) is 14.6 Å². The van der Waals surface area contributed by atoms with E-state index in [1.807, 2.05) is 24.3 Å². The second-order valence-corrected chi connectivity index (χ2v) is 5.87. The molecule has 0 radical (unpaired) electrons. The van der Waals surface area contributed by atoms with Gasteiger partial charge in [0.05, 0.1) is 0 Å². The number of pyridine rings is 1. The smallest absolute Gasteiger partial charge is 0.249 e. The van der Waals surface area contributed by atoms with Gasteiger partial charge in [0.1, 0.15) is 11.7 Å². The van der Waals surface area contributed by atoms with Crippen LogP contribution in [0.2, 0.25) is 0 Å². The molecule has 0 aliphatic heterocycles. The summed E-state index contributed by atoms with van der Waals surface area (Å²) in [7, 11) is 0. The van der Waals surface area contributed by atoms with E-state index in [0.29, 0.717) is 17.2 Å². The third-order valence-corrected chi connectivity index (χ3v) is 3.72. The number of anilines is 1. The van der Waals surface area contributed by atoms with Crippen molar-refractivity contribution in [3.8, 4) is 11.5 Å². The van der Waals surface area contributed by atoms with Crippen molar-refractivity contribution in [2.24, 2.45) is 0 Å². The van der Waals surface area contributed by atoms with Crippen molar-refractivity contribution in [1.82, 2.24) is 20.4 Å². The highest BCUT2D eigenvalue weighted by Crippen LogP contribution is 2.16. The highest BCUT2D eigenvalue weighted by Gasteiger charge is 2.18. The lowest BCUT2D eigenvalue weighted by atomic mass is 10.2. The molecule has 2 heterocycles. The summed E-state index contributed by atoms with van der Waals surface area (Å²) in [5, 5.41) is 9.35. The Hall–Kier alpha value is -3.55. The lowest BCUT2D eigenvalue weighted by Crippen LogP contribution is -2.27. The Morgan fingerprint density at radius 3 is 2.52 bits per heavy atom. The first-order valence-corrected chi connectivity index (χ1v) is 8.51. The van der Waals surface area contributed by atoms with Gasteiger partial charge < -0.3 is 15.2 Å². The Kier molecular flexibility index (Phi) is 5.88. The molecule has 3 rings (SSSR count). The van der Waals surface area contributed by atoms with Gasteiger partial charge in [0, 0.05) is 24.7 Å². The van der Waals surface area contributed by atoms with Gasteiger partial charge in [0.2, 0.25) is 23.5 Å². The van der Waals surface area contributed by atoms with E-state index >= 15 is 0 Å². The van der Waals surface area contributed by atoms with E-state index in [1.54, 1.807) is 37.4 Å². The molecule has 27 heavy (non-hydrogen) atoms. The van der Waals surface area contributed by atoms with Crippen molar-refractivity contribution in [3.63, 3.8) is 0 Å². The van der Waals surface area contributed by atoms with E-state index in [9.17, 15) is 9.59 Å². The van der Waals surface area contributed by atoms with E-state index in [2.05, 4.69) is 25.8 Å². The molecular weight excluding hydrogens is 346 g/mol. The first-order valence-electron chi connectivity index (χ1n) is 8.51. The van der Waals surface area contributed by atoms with Crippen LogP contribution in [0.5, 0.6) is 0 Å². The largest absolute Gasteiger partial charge is 0.345 e. The van der Waals surface area contributed by atoms with E-state index in [0.717, 1.165) is 0 Å². The number of carbonyl (C=O) groups is 2. The monoisotopic (exact) mass is 365 g/mol. The fourth-order valence-electron chi connectivity index (χ4n) is 2.36. The van der Waals surface area contributed by atoms with Gasteiger partial charge in [-0.05, 0) is 31.2 Å². The second-order valence-electron chi connectivity index (χ2n) is 5.87. The maximum absolute atomic E-state index is 12.1. The van der Waals surface area contributed by atoms with E-state index in [1.165, 1.54) is 0 Å². The Labute approximate surface area is 156 Å². The average Bonchev–Trinajstić information content (AvgIpc) is 3.18. The maximum Gasteiger partial charge on any atom is 0.249 e. The average molecular weight is 365 g/mol. The highest BCUT2D eigenvalue weighted by atomic mass is 16.5. The van der Waals surface area contributed by atoms with Crippen LogP contribution in [0, 0.1) is 0 Å². The molecule has 1 unspecified atom stereocenters. The van der Waals surface area contributed by atoms with Crippen LogP contribution in [0.25, 0.3) is 11.5 Å². The van der Waals surface area contributed by atoms with Crippen LogP contribution in [-0.2, 0) is 9.59 Å². The van der Waals surface area contributed by atoms with E-state index < -0.39 is 6.04 Å². The Morgan fingerprint density at radius 1 is 1.04 bits per heavy atom. The molecular formula is C19H19N5O3. The number of carbonyl (C=O) groups excluding carboxylic acids is 2. The molecule has 0 aliphatic carbocycles. The summed E-state index contributed by atoms with van der Waals surface area (Å²) < 4.78 is 5.19. The van der Waals surface area contributed by atoms with Gasteiger partial charge in [0.15, 0.2) is 0 Å². The predicted octanol–water partition coefficient (Wildman–Crippen LogP) is 2.73. The number of aromatic nitrogens is 3. The Balaban J connectivity index is 1.48. The van der Waals surface area contributed by atoms with Crippen LogP contribution >= 0.6 is 0 Å². The zero-order chi connectivity index (χ0) is 19.1. The fraction of sp³-hybridized carbons (Fsp3) is 0.211. The lowest BCUT2D eigenvalue weighted by Gasteiger charge is -2.09. The topological polar surface area (TPSA) is 110 Å². The standard InChI is InChI=1S/C19H19N5O3/c1-13(19-23-18(24-27-19)15-9-5-6-12-20-15)21-16(25)10-11-17(26)22-14-7-3-2-4-8-14/h2-9,12-13H,10-11H2,1H3,(H,21,25)(H,22,26). The molecule has 0 fully saturated rings. The Bertz CT molecular complexity index is 896. The quantitative estimate of drug-likeness (QED) is 0.666. The predicted molar refractivity (Wildman–Crippen MR) is 98.4 cm³/mol.